The van der Waals surface area contributed by atoms with Crippen molar-refractivity contribution in [2.24, 2.45) is 0 Å². The monoisotopic (exact) mass is 324 g/mol. The van der Waals surface area contributed by atoms with E-state index in [1.165, 1.54) is 6.42 Å². The van der Waals surface area contributed by atoms with Crippen LogP contribution < -0.4 is 5.32 Å². The van der Waals surface area contributed by atoms with Crippen molar-refractivity contribution >= 4 is 9.84 Å². The maximum atomic E-state index is 12.2. The zero-order valence-corrected chi connectivity index (χ0v) is 14.5. The number of nitrogens with one attached hydrogen (secondary N) is 1. The fourth-order valence-electron chi connectivity index (χ4n) is 2.75. The Kier molecular flexibility index (Phi) is 6.41. The Labute approximate surface area is 134 Å². The van der Waals surface area contributed by atoms with Gasteiger partial charge in [-0.25, -0.2) is 8.42 Å². The molecule has 124 valence electrons. The van der Waals surface area contributed by atoms with E-state index >= 15 is 0 Å². The summed E-state index contributed by atoms with van der Waals surface area (Å²) in [6.45, 7) is 9.07. The predicted octanol–water partition coefficient (Wildman–Crippen LogP) is 2.10. The maximum absolute atomic E-state index is 12.2. The Hall–Kier alpha value is -0.910. The molecule has 0 saturated carbocycles. The maximum Gasteiger partial charge on any atom is 0.180 e. The van der Waals surface area contributed by atoms with Gasteiger partial charge in [0, 0.05) is 26.2 Å². The van der Waals surface area contributed by atoms with Crippen molar-refractivity contribution in [3.05, 3.63) is 29.8 Å². The molecule has 0 amide bonds. The van der Waals surface area contributed by atoms with E-state index in [0.29, 0.717) is 4.90 Å². The Morgan fingerprint density at radius 1 is 1.18 bits per heavy atom. The van der Waals surface area contributed by atoms with E-state index in [2.05, 4.69) is 10.2 Å². The second kappa shape index (κ2) is 8.09. The first kappa shape index (κ1) is 17.4. The number of rotatable bonds is 7. The summed E-state index contributed by atoms with van der Waals surface area (Å²) >= 11 is 0. The second-order valence-electron chi connectivity index (χ2n) is 6.29. The summed E-state index contributed by atoms with van der Waals surface area (Å²) in [6, 6.07) is 7.45. The zero-order valence-electron chi connectivity index (χ0n) is 13.7. The van der Waals surface area contributed by atoms with Crippen LogP contribution in [0.1, 0.15) is 32.3 Å². The van der Waals surface area contributed by atoms with E-state index in [0.717, 1.165) is 51.1 Å². The van der Waals surface area contributed by atoms with Crippen LogP contribution in [0.4, 0.5) is 0 Å². The highest BCUT2D eigenvalue weighted by Gasteiger charge is 2.19. The highest BCUT2D eigenvalue weighted by molar-refractivity contribution is 7.92. The molecule has 1 aliphatic heterocycles. The lowest BCUT2D eigenvalue weighted by atomic mass is 10.1. The second-order valence-corrected chi connectivity index (χ2v) is 8.79. The van der Waals surface area contributed by atoms with E-state index in [-0.39, 0.29) is 5.25 Å². The summed E-state index contributed by atoms with van der Waals surface area (Å²) in [5, 5.41) is 3.00. The topological polar surface area (TPSA) is 49.4 Å². The molecule has 22 heavy (non-hydrogen) atoms. The number of hydrogen-bond donors (Lipinski definition) is 1. The van der Waals surface area contributed by atoms with Crippen LogP contribution in [-0.2, 0) is 16.3 Å². The van der Waals surface area contributed by atoms with E-state index < -0.39 is 9.84 Å². The molecule has 1 aliphatic rings. The van der Waals surface area contributed by atoms with Gasteiger partial charge in [-0.1, -0.05) is 12.1 Å². The van der Waals surface area contributed by atoms with Crippen LogP contribution in [-0.4, -0.2) is 51.3 Å². The van der Waals surface area contributed by atoms with Gasteiger partial charge < -0.3 is 10.2 Å². The number of nitrogens with zero attached hydrogens (tertiary/aromatic N) is 1. The molecule has 0 radical (unpaired) electrons. The lowest BCUT2D eigenvalue weighted by Crippen LogP contribution is -2.43. The molecule has 0 bridgehead atoms. The van der Waals surface area contributed by atoms with Gasteiger partial charge in [0.1, 0.15) is 0 Å². The number of unbranched alkanes of at least 4 members (excludes halogenated alkanes) is 1. The normalized spacial score (nSPS) is 17.0. The summed E-state index contributed by atoms with van der Waals surface area (Å²) in [6.07, 6.45) is 3.23. The van der Waals surface area contributed by atoms with Crippen LogP contribution in [0.25, 0.3) is 0 Å². The summed E-state index contributed by atoms with van der Waals surface area (Å²) in [5.74, 6) is 0. The summed E-state index contributed by atoms with van der Waals surface area (Å²) < 4.78 is 24.4. The minimum Gasteiger partial charge on any atom is -0.314 e. The standard InChI is InChI=1S/C17H28N2O2S/c1-15(2)22(20,21)17-8-5-7-16(14-17)6-3-4-11-19-12-9-18-10-13-19/h5,7-8,14-15,18H,3-4,6,9-13H2,1-2H3. The van der Waals surface area contributed by atoms with E-state index in [9.17, 15) is 8.42 Å². The molecule has 1 aromatic rings. The molecule has 2 rings (SSSR count). The average molecular weight is 324 g/mol. The fraction of sp³-hybridized carbons (Fsp3) is 0.647. The van der Waals surface area contributed by atoms with Crippen molar-refractivity contribution in [3.63, 3.8) is 0 Å². The number of sulfone groups is 1. The molecule has 5 heteroatoms. The van der Waals surface area contributed by atoms with Crippen molar-refractivity contribution < 1.29 is 8.42 Å². The molecule has 0 spiro atoms. The Balaban J connectivity index is 1.83. The first-order chi connectivity index (χ1) is 10.5. The molecule has 1 N–H and O–H groups in total. The van der Waals surface area contributed by atoms with E-state index in [1.54, 1.807) is 19.9 Å². The van der Waals surface area contributed by atoms with E-state index in [4.69, 9.17) is 0 Å². The highest BCUT2D eigenvalue weighted by atomic mass is 32.2. The van der Waals surface area contributed by atoms with Crippen molar-refractivity contribution in [2.45, 2.75) is 43.3 Å². The molecule has 0 atom stereocenters. The Morgan fingerprint density at radius 3 is 2.59 bits per heavy atom. The molecule has 1 fully saturated rings. The van der Waals surface area contributed by atoms with Gasteiger partial charge in [-0.2, -0.15) is 0 Å². The minimum absolute atomic E-state index is 0.365. The smallest absolute Gasteiger partial charge is 0.180 e. The molecular formula is C17H28N2O2S. The van der Waals surface area contributed by atoms with Gasteiger partial charge in [-0.15, -0.1) is 0 Å². The SMILES string of the molecule is CC(C)S(=O)(=O)c1cccc(CCCCN2CCNCC2)c1. The van der Waals surface area contributed by atoms with Crippen molar-refractivity contribution in [1.29, 1.82) is 0 Å². The molecule has 1 saturated heterocycles. The summed E-state index contributed by atoms with van der Waals surface area (Å²) in [5.41, 5.74) is 1.13. The summed E-state index contributed by atoms with van der Waals surface area (Å²) in [4.78, 5) is 2.96. The third-order valence-electron chi connectivity index (χ3n) is 4.25. The van der Waals surface area contributed by atoms with Gasteiger partial charge in [-0.3, -0.25) is 0 Å². The van der Waals surface area contributed by atoms with Crippen LogP contribution in [0.5, 0.6) is 0 Å². The van der Waals surface area contributed by atoms with Crippen molar-refractivity contribution in [2.75, 3.05) is 32.7 Å². The van der Waals surface area contributed by atoms with E-state index in [1.807, 2.05) is 18.2 Å². The van der Waals surface area contributed by atoms with Crippen LogP contribution in [0.3, 0.4) is 0 Å². The predicted molar refractivity (Wildman–Crippen MR) is 91.0 cm³/mol. The highest BCUT2D eigenvalue weighted by Crippen LogP contribution is 2.18. The molecule has 1 heterocycles. The van der Waals surface area contributed by atoms with Gasteiger partial charge in [0.25, 0.3) is 0 Å². The van der Waals surface area contributed by atoms with Gasteiger partial charge in [-0.05, 0) is 57.4 Å². The molecule has 1 aromatic carbocycles. The van der Waals surface area contributed by atoms with Crippen LogP contribution in [0.2, 0.25) is 0 Å². The number of hydrogen-bond acceptors (Lipinski definition) is 4. The number of aryl methyl sites for hydroxylation is 1. The average Bonchev–Trinajstić information content (AvgIpc) is 2.53. The fourth-order valence-corrected chi connectivity index (χ4v) is 3.88. The first-order valence-corrected chi connectivity index (χ1v) is 9.80. The molecule has 0 aromatic heterocycles. The number of piperazine rings is 1. The molecule has 0 unspecified atom stereocenters. The Morgan fingerprint density at radius 2 is 1.91 bits per heavy atom. The van der Waals surface area contributed by atoms with Gasteiger partial charge >= 0.3 is 0 Å². The van der Waals surface area contributed by atoms with Gasteiger partial charge in [0.15, 0.2) is 9.84 Å². The molecule has 0 aliphatic carbocycles. The van der Waals surface area contributed by atoms with Crippen molar-refractivity contribution in [3.8, 4) is 0 Å². The van der Waals surface area contributed by atoms with Crippen LogP contribution in [0, 0.1) is 0 Å². The summed E-state index contributed by atoms with van der Waals surface area (Å²) in [7, 11) is -3.16. The lowest BCUT2D eigenvalue weighted by Gasteiger charge is -2.27. The van der Waals surface area contributed by atoms with Crippen LogP contribution in [0.15, 0.2) is 29.2 Å². The first-order valence-electron chi connectivity index (χ1n) is 8.26. The zero-order chi connectivity index (χ0) is 16.0. The quantitative estimate of drug-likeness (QED) is 0.780. The Bertz CT molecular complexity index is 564. The van der Waals surface area contributed by atoms with Gasteiger partial charge in [0.2, 0.25) is 0 Å². The third kappa shape index (κ3) is 4.80. The van der Waals surface area contributed by atoms with Crippen LogP contribution >= 0.6 is 0 Å². The minimum atomic E-state index is -3.16. The molecular weight excluding hydrogens is 296 g/mol. The third-order valence-corrected chi connectivity index (χ3v) is 6.40. The molecule has 4 nitrogen and oxygen atoms in total. The van der Waals surface area contributed by atoms with Crippen molar-refractivity contribution in [1.82, 2.24) is 10.2 Å². The lowest BCUT2D eigenvalue weighted by molar-refractivity contribution is 0.237. The largest absolute Gasteiger partial charge is 0.314 e. The van der Waals surface area contributed by atoms with Gasteiger partial charge in [0.05, 0.1) is 10.1 Å². The number of benzene rings is 1.